The lowest BCUT2D eigenvalue weighted by molar-refractivity contribution is 0.0846. The second-order valence-electron chi connectivity index (χ2n) is 6.59. The zero-order valence-electron chi connectivity index (χ0n) is 16.7. The van der Waals surface area contributed by atoms with Crippen LogP contribution in [0.25, 0.3) is 5.69 Å². The van der Waals surface area contributed by atoms with Gasteiger partial charge in [0.15, 0.2) is 11.5 Å². The van der Waals surface area contributed by atoms with Crippen LogP contribution in [0.5, 0.6) is 11.5 Å². The highest BCUT2D eigenvalue weighted by Crippen LogP contribution is 2.28. The number of methoxy groups -OCH3 is 1. The van der Waals surface area contributed by atoms with Gasteiger partial charge >= 0.3 is 0 Å². The largest absolute Gasteiger partial charge is 0.493 e. The van der Waals surface area contributed by atoms with E-state index in [2.05, 4.69) is 31.9 Å². The third kappa shape index (κ3) is 5.18. The maximum atomic E-state index is 12.4. The monoisotopic (exact) mass is 472 g/mol. The summed E-state index contributed by atoms with van der Waals surface area (Å²) in [5.41, 5.74) is 6.32. The fourth-order valence-electron chi connectivity index (χ4n) is 2.63. The van der Waals surface area contributed by atoms with Crippen molar-refractivity contribution in [3.05, 3.63) is 70.5 Å². The molecule has 9 heteroatoms. The van der Waals surface area contributed by atoms with Gasteiger partial charge in [-0.3, -0.25) is 20.4 Å². The van der Waals surface area contributed by atoms with Gasteiger partial charge in [-0.15, -0.1) is 0 Å². The summed E-state index contributed by atoms with van der Waals surface area (Å²) in [4.78, 5) is 24.7. The standard InChI is InChI=1S/C21H21BrN4O4/c1-13(2)30-18-9-6-15(10-19(18)29-3)21(28)25-24-20(27)14-4-7-17(8-5-14)26-12-16(22)11-23-26/h4-13H,1-3H3,(H,24,27)(H,25,28). The Labute approximate surface area is 182 Å². The van der Waals surface area contributed by atoms with Crippen LogP contribution >= 0.6 is 15.9 Å². The molecular formula is C21H21BrN4O4. The number of nitrogens with zero attached hydrogens (tertiary/aromatic N) is 2. The lowest BCUT2D eigenvalue weighted by atomic mass is 10.2. The average molecular weight is 473 g/mol. The number of rotatable bonds is 6. The van der Waals surface area contributed by atoms with Gasteiger partial charge in [0.2, 0.25) is 0 Å². The maximum absolute atomic E-state index is 12.4. The van der Waals surface area contributed by atoms with Gasteiger partial charge in [-0.25, -0.2) is 4.68 Å². The summed E-state index contributed by atoms with van der Waals surface area (Å²) in [6.45, 7) is 3.80. The lowest BCUT2D eigenvalue weighted by Crippen LogP contribution is -2.41. The Hall–Kier alpha value is -3.33. The quantitative estimate of drug-likeness (QED) is 0.535. The van der Waals surface area contributed by atoms with Gasteiger partial charge < -0.3 is 9.47 Å². The molecule has 1 aromatic heterocycles. The molecule has 0 saturated carbocycles. The first-order valence-corrected chi connectivity index (χ1v) is 9.92. The van der Waals surface area contributed by atoms with Crippen molar-refractivity contribution < 1.29 is 19.1 Å². The lowest BCUT2D eigenvalue weighted by Gasteiger charge is -2.14. The Morgan fingerprint density at radius 2 is 1.63 bits per heavy atom. The number of ether oxygens (including phenoxy) is 2. The molecule has 2 amide bonds. The number of hydrazine groups is 1. The van der Waals surface area contributed by atoms with Crippen molar-refractivity contribution in [3.63, 3.8) is 0 Å². The summed E-state index contributed by atoms with van der Waals surface area (Å²) in [5.74, 6) is 0.0555. The van der Waals surface area contributed by atoms with Crippen LogP contribution in [-0.4, -0.2) is 34.8 Å². The molecule has 30 heavy (non-hydrogen) atoms. The van der Waals surface area contributed by atoms with Crippen molar-refractivity contribution in [3.8, 4) is 17.2 Å². The van der Waals surface area contributed by atoms with E-state index in [1.54, 1.807) is 59.5 Å². The fraction of sp³-hybridized carbons (Fsp3) is 0.190. The summed E-state index contributed by atoms with van der Waals surface area (Å²) < 4.78 is 13.4. The van der Waals surface area contributed by atoms with E-state index in [0.29, 0.717) is 22.6 Å². The maximum Gasteiger partial charge on any atom is 0.269 e. The minimum Gasteiger partial charge on any atom is -0.493 e. The fourth-order valence-corrected chi connectivity index (χ4v) is 2.91. The Morgan fingerprint density at radius 1 is 1.00 bits per heavy atom. The van der Waals surface area contributed by atoms with Gasteiger partial charge in [-0.1, -0.05) is 0 Å². The SMILES string of the molecule is COc1cc(C(=O)NNC(=O)c2ccc(-n3cc(Br)cn3)cc2)ccc1OC(C)C. The molecule has 0 saturated heterocycles. The highest BCUT2D eigenvalue weighted by molar-refractivity contribution is 9.10. The summed E-state index contributed by atoms with van der Waals surface area (Å²) >= 11 is 3.34. The van der Waals surface area contributed by atoms with E-state index in [0.717, 1.165) is 10.2 Å². The zero-order valence-corrected chi connectivity index (χ0v) is 18.3. The Morgan fingerprint density at radius 3 is 2.20 bits per heavy atom. The predicted molar refractivity (Wildman–Crippen MR) is 115 cm³/mol. The molecule has 0 spiro atoms. The van der Waals surface area contributed by atoms with Crippen molar-refractivity contribution in [2.75, 3.05) is 7.11 Å². The van der Waals surface area contributed by atoms with E-state index >= 15 is 0 Å². The molecule has 2 N–H and O–H groups in total. The number of benzene rings is 2. The molecule has 0 unspecified atom stereocenters. The van der Waals surface area contributed by atoms with Crippen molar-refractivity contribution in [2.45, 2.75) is 20.0 Å². The number of nitrogens with one attached hydrogen (secondary N) is 2. The minimum absolute atomic E-state index is 0.0286. The van der Waals surface area contributed by atoms with Gasteiger partial charge in [-0.05, 0) is 72.2 Å². The minimum atomic E-state index is -0.476. The Bertz CT molecular complexity index is 1050. The number of hydrogen-bond donors (Lipinski definition) is 2. The van der Waals surface area contributed by atoms with Crippen molar-refractivity contribution in [1.82, 2.24) is 20.6 Å². The zero-order chi connectivity index (χ0) is 21.7. The van der Waals surface area contributed by atoms with Gasteiger partial charge in [-0.2, -0.15) is 5.10 Å². The van der Waals surface area contributed by atoms with Crippen LogP contribution in [0.1, 0.15) is 34.6 Å². The Balaban J connectivity index is 1.62. The number of halogens is 1. The topological polar surface area (TPSA) is 94.5 Å². The smallest absolute Gasteiger partial charge is 0.269 e. The van der Waals surface area contributed by atoms with Crippen LogP contribution in [-0.2, 0) is 0 Å². The van der Waals surface area contributed by atoms with Crippen LogP contribution < -0.4 is 20.3 Å². The van der Waals surface area contributed by atoms with Crippen molar-refractivity contribution in [1.29, 1.82) is 0 Å². The van der Waals surface area contributed by atoms with Crippen molar-refractivity contribution >= 4 is 27.7 Å². The Kier molecular flexibility index (Phi) is 6.73. The molecular weight excluding hydrogens is 452 g/mol. The molecule has 2 aromatic carbocycles. The third-order valence-corrected chi connectivity index (χ3v) is 4.43. The number of aromatic nitrogens is 2. The van der Waals surface area contributed by atoms with Gasteiger partial charge in [0, 0.05) is 17.3 Å². The molecule has 156 valence electrons. The van der Waals surface area contributed by atoms with Crippen molar-refractivity contribution in [2.24, 2.45) is 0 Å². The first-order chi connectivity index (χ1) is 14.4. The molecule has 0 bridgehead atoms. The van der Waals surface area contributed by atoms with Crippen LogP contribution in [0.3, 0.4) is 0 Å². The molecule has 0 aliphatic rings. The summed E-state index contributed by atoms with van der Waals surface area (Å²) in [7, 11) is 1.50. The molecule has 0 radical (unpaired) electrons. The van der Waals surface area contributed by atoms with E-state index in [9.17, 15) is 9.59 Å². The van der Waals surface area contributed by atoms with E-state index in [1.165, 1.54) is 7.11 Å². The van der Waals surface area contributed by atoms with E-state index < -0.39 is 11.8 Å². The molecule has 3 rings (SSSR count). The van der Waals surface area contributed by atoms with Crippen LogP contribution in [0.4, 0.5) is 0 Å². The van der Waals surface area contributed by atoms with Crippen LogP contribution in [0.15, 0.2) is 59.3 Å². The van der Waals surface area contributed by atoms with Gasteiger partial charge in [0.1, 0.15) is 0 Å². The first-order valence-electron chi connectivity index (χ1n) is 9.13. The van der Waals surface area contributed by atoms with E-state index in [1.807, 2.05) is 13.8 Å². The summed E-state index contributed by atoms with van der Waals surface area (Å²) in [6.07, 6.45) is 3.45. The molecule has 0 atom stereocenters. The van der Waals surface area contributed by atoms with Gasteiger partial charge in [0.05, 0.1) is 29.6 Å². The summed E-state index contributed by atoms with van der Waals surface area (Å²) in [6, 6.07) is 11.6. The second kappa shape index (κ2) is 9.45. The molecule has 1 heterocycles. The van der Waals surface area contributed by atoms with E-state index in [-0.39, 0.29) is 6.10 Å². The molecule has 8 nitrogen and oxygen atoms in total. The number of carbonyl (C=O) groups is 2. The normalized spacial score (nSPS) is 10.6. The predicted octanol–water partition coefficient (Wildman–Crippen LogP) is 3.51. The van der Waals surface area contributed by atoms with E-state index in [4.69, 9.17) is 9.47 Å². The third-order valence-electron chi connectivity index (χ3n) is 4.02. The molecule has 3 aromatic rings. The highest BCUT2D eigenvalue weighted by atomic mass is 79.9. The highest BCUT2D eigenvalue weighted by Gasteiger charge is 2.13. The number of hydrogen-bond acceptors (Lipinski definition) is 5. The molecule has 0 aliphatic heterocycles. The molecule has 0 aliphatic carbocycles. The average Bonchev–Trinajstić information content (AvgIpc) is 3.18. The van der Waals surface area contributed by atoms with Crippen LogP contribution in [0.2, 0.25) is 0 Å². The first kappa shape index (κ1) is 21.4. The molecule has 0 fully saturated rings. The van der Waals surface area contributed by atoms with Gasteiger partial charge in [0.25, 0.3) is 11.8 Å². The second-order valence-corrected chi connectivity index (χ2v) is 7.51. The number of amides is 2. The summed E-state index contributed by atoms with van der Waals surface area (Å²) in [5, 5.41) is 4.18. The number of carbonyl (C=O) groups excluding carboxylic acids is 2. The van der Waals surface area contributed by atoms with Crippen LogP contribution in [0, 0.1) is 0 Å².